The van der Waals surface area contributed by atoms with Crippen LogP contribution in [0.4, 0.5) is 10.5 Å². The van der Waals surface area contributed by atoms with E-state index < -0.39 is 6.09 Å². The van der Waals surface area contributed by atoms with Crippen LogP contribution >= 0.6 is 0 Å². The molecule has 3 N–H and O–H groups in total. The normalized spacial score (nSPS) is 9.64. The molecule has 1 amide bonds. The monoisotopic (exact) mass is 194 g/mol. The number of anilines is 1. The van der Waals surface area contributed by atoms with Crippen molar-refractivity contribution < 1.29 is 9.53 Å². The molecule has 1 aromatic rings. The first-order valence-electron chi connectivity index (χ1n) is 4.32. The number of carbonyl (C=O) groups is 1. The first-order valence-corrected chi connectivity index (χ1v) is 4.32. The second-order valence-electron chi connectivity index (χ2n) is 2.97. The van der Waals surface area contributed by atoms with Gasteiger partial charge in [-0.1, -0.05) is 12.1 Å². The summed E-state index contributed by atoms with van der Waals surface area (Å²) in [6.45, 7) is 2.36. The minimum atomic E-state index is -0.470. The lowest BCUT2D eigenvalue weighted by Crippen LogP contribution is -2.12. The third-order valence-electron chi connectivity index (χ3n) is 1.96. The van der Waals surface area contributed by atoms with E-state index in [1.807, 2.05) is 25.1 Å². The highest BCUT2D eigenvalue weighted by molar-refractivity contribution is 5.85. The maximum atomic E-state index is 11.0. The summed E-state index contributed by atoms with van der Waals surface area (Å²) in [5.41, 5.74) is 8.18. The Hall–Kier alpha value is -1.55. The van der Waals surface area contributed by atoms with Gasteiger partial charge in [0.05, 0.1) is 7.11 Å². The van der Waals surface area contributed by atoms with Crippen LogP contribution in [0.25, 0.3) is 0 Å². The zero-order chi connectivity index (χ0) is 10.6. The van der Waals surface area contributed by atoms with Gasteiger partial charge in [-0.15, -0.1) is 0 Å². The molecular weight excluding hydrogens is 180 g/mol. The molecule has 0 bridgehead atoms. The molecule has 0 atom stereocenters. The van der Waals surface area contributed by atoms with Crippen molar-refractivity contribution in [1.82, 2.24) is 0 Å². The Morgan fingerprint density at radius 1 is 1.57 bits per heavy atom. The van der Waals surface area contributed by atoms with Crippen LogP contribution in [0.2, 0.25) is 0 Å². The third kappa shape index (κ3) is 2.47. The van der Waals surface area contributed by atoms with E-state index in [9.17, 15) is 4.79 Å². The number of methoxy groups -OCH3 is 1. The van der Waals surface area contributed by atoms with Crippen molar-refractivity contribution >= 4 is 11.8 Å². The van der Waals surface area contributed by atoms with Crippen LogP contribution in [0.5, 0.6) is 0 Å². The van der Waals surface area contributed by atoms with Gasteiger partial charge in [0.15, 0.2) is 0 Å². The molecule has 0 radical (unpaired) electrons. The largest absolute Gasteiger partial charge is 0.453 e. The molecule has 14 heavy (non-hydrogen) atoms. The fraction of sp³-hybridized carbons (Fsp3) is 0.300. The van der Waals surface area contributed by atoms with Crippen molar-refractivity contribution in [2.24, 2.45) is 5.73 Å². The Morgan fingerprint density at radius 2 is 2.29 bits per heavy atom. The van der Waals surface area contributed by atoms with Crippen molar-refractivity contribution in [2.45, 2.75) is 13.5 Å². The van der Waals surface area contributed by atoms with Crippen LogP contribution in [0.3, 0.4) is 0 Å². The van der Waals surface area contributed by atoms with Crippen LogP contribution in [0.15, 0.2) is 18.2 Å². The van der Waals surface area contributed by atoms with Crippen molar-refractivity contribution in [3.63, 3.8) is 0 Å². The van der Waals surface area contributed by atoms with Gasteiger partial charge < -0.3 is 10.5 Å². The van der Waals surface area contributed by atoms with Gasteiger partial charge in [0, 0.05) is 12.2 Å². The van der Waals surface area contributed by atoms with Gasteiger partial charge in [-0.25, -0.2) is 4.79 Å². The predicted octanol–water partition coefficient (Wildman–Crippen LogP) is 1.63. The summed E-state index contributed by atoms with van der Waals surface area (Å²) in [6, 6.07) is 5.68. The fourth-order valence-electron chi connectivity index (χ4n) is 1.09. The van der Waals surface area contributed by atoms with Gasteiger partial charge in [0.25, 0.3) is 0 Å². The molecule has 76 valence electrons. The summed E-state index contributed by atoms with van der Waals surface area (Å²) >= 11 is 0. The highest BCUT2D eigenvalue weighted by atomic mass is 16.5. The number of hydrogen-bond acceptors (Lipinski definition) is 3. The predicted molar refractivity (Wildman–Crippen MR) is 55.1 cm³/mol. The summed E-state index contributed by atoms with van der Waals surface area (Å²) in [5.74, 6) is 0. The van der Waals surface area contributed by atoms with Gasteiger partial charge in [0.1, 0.15) is 0 Å². The van der Waals surface area contributed by atoms with Gasteiger partial charge in [-0.2, -0.15) is 0 Å². The molecule has 0 aromatic heterocycles. The van der Waals surface area contributed by atoms with E-state index >= 15 is 0 Å². The average Bonchev–Trinajstić information content (AvgIpc) is 2.21. The average molecular weight is 194 g/mol. The minimum Gasteiger partial charge on any atom is -0.453 e. The molecule has 0 saturated heterocycles. The highest BCUT2D eigenvalue weighted by Crippen LogP contribution is 2.16. The Balaban J connectivity index is 2.89. The van der Waals surface area contributed by atoms with Crippen molar-refractivity contribution in [1.29, 1.82) is 0 Å². The van der Waals surface area contributed by atoms with E-state index in [0.29, 0.717) is 6.54 Å². The van der Waals surface area contributed by atoms with Crippen LogP contribution in [0, 0.1) is 6.92 Å². The summed E-state index contributed by atoms with van der Waals surface area (Å²) in [5, 5.41) is 2.62. The molecule has 0 saturated carbocycles. The number of rotatable bonds is 2. The maximum Gasteiger partial charge on any atom is 0.411 e. The molecule has 1 aromatic carbocycles. The summed E-state index contributed by atoms with van der Waals surface area (Å²) in [6.07, 6.45) is -0.470. The van der Waals surface area contributed by atoms with E-state index in [0.717, 1.165) is 16.8 Å². The highest BCUT2D eigenvalue weighted by Gasteiger charge is 2.04. The number of nitrogens with two attached hydrogens (primary N) is 1. The smallest absolute Gasteiger partial charge is 0.411 e. The first-order chi connectivity index (χ1) is 6.67. The lowest BCUT2D eigenvalue weighted by molar-refractivity contribution is 0.187. The van der Waals surface area contributed by atoms with Crippen molar-refractivity contribution in [3.8, 4) is 0 Å². The van der Waals surface area contributed by atoms with E-state index in [1.54, 1.807) is 0 Å². The topological polar surface area (TPSA) is 64.3 Å². The second kappa shape index (κ2) is 4.62. The Labute approximate surface area is 83.1 Å². The Bertz CT molecular complexity index is 337. The van der Waals surface area contributed by atoms with E-state index in [4.69, 9.17) is 5.73 Å². The molecule has 0 aliphatic rings. The van der Waals surface area contributed by atoms with Crippen molar-refractivity contribution in [3.05, 3.63) is 29.3 Å². The number of amides is 1. The SMILES string of the molecule is COC(=O)Nc1cc(CN)ccc1C. The summed E-state index contributed by atoms with van der Waals surface area (Å²) < 4.78 is 4.50. The molecule has 0 unspecified atom stereocenters. The zero-order valence-electron chi connectivity index (χ0n) is 8.33. The van der Waals surface area contributed by atoms with E-state index in [1.165, 1.54) is 7.11 Å². The number of benzene rings is 1. The molecule has 4 heteroatoms. The molecule has 0 heterocycles. The van der Waals surface area contributed by atoms with Crippen LogP contribution < -0.4 is 11.1 Å². The van der Waals surface area contributed by atoms with E-state index in [2.05, 4.69) is 10.1 Å². The minimum absolute atomic E-state index is 0.454. The quantitative estimate of drug-likeness (QED) is 0.752. The molecular formula is C10H14N2O2. The molecule has 1 rings (SSSR count). The third-order valence-corrected chi connectivity index (χ3v) is 1.96. The Morgan fingerprint density at radius 3 is 2.86 bits per heavy atom. The number of aryl methyl sites for hydroxylation is 1. The lowest BCUT2D eigenvalue weighted by atomic mass is 10.1. The lowest BCUT2D eigenvalue weighted by Gasteiger charge is -2.08. The zero-order valence-corrected chi connectivity index (χ0v) is 8.33. The van der Waals surface area contributed by atoms with Crippen LogP contribution in [0.1, 0.15) is 11.1 Å². The van der Waals surface area contributed by atoms with Crippen LogP contribution in [-0.4, -0.2) is 13.2 Å². The Kier molecular flexibility index (Phi) is 3.48. The molecule has 0 aliphatic carbocycles. The van der Waals surface area contributed by atoms with Crippen molar-refractivity contribution in [2.75, 3.05) is 12.4 Å². The van der Waals surface area contributed by atoms with E-state index in [-0.39, 0.29) is 0 Å². The van der Waals surface area contributed by atoms with Gasteiger partial charge in [-0.05, 0) is 24.1 Å². The fourth-order valence-corrected chi connectivity index (χ4v) is 1.09. The van der Waals surface area contributed by atoms with Gasteiger partial charge >= 0.3 is 6.09 Å². The van der Waals surface area contributed by atoms with Crippen LogP contribution in [-0.2, 0) is 11.3 Å². The number of hydrogen-bond donors (Lipinski definition) is 2. The number of ether oxygens (including phenoxy) is 1. The first kappa shape index (κ1) is 10.5. The standard InChI is InChI=1S/C10H14N2O2/c1-7-3-4-8(6-11)5-9(7)12-10(13)14-2/h3-5H,6,11H2,1-2H3,(H,12,13). The summed E-state index contributed by atoms with van der Waals surface area (Å²) in [4.78, 5) is 11.0. The summed E-state index contributed by atoms with van der Waals surface area (Å²) in [7, 11) is 1.33. The second-order valence-corrected chi connectivity index (χ2v) is 2.97. The van der Waals surface area contributed by atoms with Gasteiger partial charge in [0.2, 0.25) is 0 Å². The molecule has 4 nitrogen and oxygen atoms in total. The maximum absolute atomic E-state index is 11.0. The molecule has 0 spiro atoms. The molecule has 0 fully saturated rings. The molecule has 0 aliphatic heterocycles. The van der Waals surface area contributed by atoms with Gasteiger partial charge in [-0.3, -0.25) is 5.32 Å². The number of carbonyl (C=O) groups excluding carboxylic acids is 1. The number of nitrogens with one attached hydrogen (secondary N) is 1.